The van der Waals surface area contributed by atoms with E-state index in [4.69, 9.17) is 4.74 Å². The Bertz CT molecular complexity index is 667. The Balaban J connectivity index is 2.21. The summed E-state index contributed by atoms with van der Waals surface area (Å²) < 4.78 is 7.33. The maximum absolute atomic E-state index is 12.4. The Kier molecular flexibility index (Phi) is 3.38. The summed E-state index contributed by atoms with van der Waals surface area (Å²) in [5.74, 6) is 0.798. The SMILES string of the molecule is O=c1c2c(ncn1CCBr)-c1ccccc1OCC2. The lowest BCUT2D eigenvalue weighted by Gasteiger charge is -2.09. The molecule has 0 N–H and O–H groups in total. The third kappa shape index (κ3) is 2.18. The number of aryl methyl sites for hydroxylation is 1. The van der Waals surface area contributed by atoms with E-state index in [0.29, 0.717) is 19.6 Å². The molecular formula is C14H13BrN2O2. The predicted octanol–water partition coefficient (Wildman–Crippen LogP) is 2.24. The number of fused-ring (bicyclic) bond motifs is 3. The second kappa shape index (κ2) is 5.17. The van der Waals surface area contributed by atoms with E-state index in [1.54, 1.807) is 10.9 Å². The Morgan fingerprint density at radius 2 is 2.21 bits per heavy atom. The van der Waals surface area contributed by atoms with Crippen LogP contribution in [0.4, 0.5) is 0 Å². The molecule has 5 heteroatoms. The van der Waals surface area contributed by atoms with Crippen LogP contribution in [0.1, 0.15) is 5.56 Å². The van der Waals surface area contributed by atoms with E-state index in [-0.39, 0.29) is 5.56 Å². The molecule has 1 aromatic heterocycles. The van der Waals surface area contributed by atoms with Crippen LogP contribution >= 0.6 is 15.9 Å². The van der Waals surface area contributed by atoms with E-state index < -0.39 is 0 Å². The van der Waals surface area contributed by atoms with Gasteiger partial charge in [0.1, 0.15) is 5.75 Å². The molecule has 98 valence electrons. The number of nitrogens with zero attached hydrogens (tertiary/aromatic N) is 2. The number of rotatable bonds is 2. The van der Waals surface area contributed by atoms with E-state index >= 15 is 0 Å². The number of benzene rings is 1. The summed E-state index contributed by atoms with van der Waals surface area (Å²) in [6, 6.07) is 7.72. The van der Waals surface area contributed by atoms with Crippen LogP contribution in [-0.4, -0.2) is 21.5 Å². The minimum atomic E-state index is 0.0322. The van der Waals surface area contributed by atoms with Gasteiger partial charge in [-0.05, 0) is 12.1 Å². The fourth-order valence-corrected chi connectivity index (χ4v) is 2.67. The molecule has 0 unspecified atom stereocenters. The van der Waals surface area contributed by atoms with Crippen LogP contribution in [0.25, 0.3) is 11.3 Å². The van der Waals surface area contributed by atoms with Crippen LogP contribution in [0.2, 0.25) is 0 Å². The van der Waals surface area contributed by atoms with Gasteiger partial charge < -0.3 is 4.74 Å². The predicted molar refractivity (Wildman–Crippen MR) is 76.9 cm³/mol. The van der Waals surface area contributed by atoms with Crippen molar-refractivity contribution in [1.82, 2.24) is 9.55 Å². The fourth-order valence-electron chi connectivity index (χ4n) is 2.29. The maximum Gasteiger partial charge on any atom is 0.257 e. The van der Waals surface area contributed by atoms with Crippen molar-refractivity contribution in [2.45, 2.75) is 13.0 Å². The van der Waals surface area contributed by atoms with Gasteiger partial charge in [-0.3, -0.25) is 9.36 Å². The molecule has 1 aliphatic rings. The standard InChI is InChI=1S/C14H13BrN2O2/c15-6-7-17-9-16-13-10-3-1-2-4-12(10)19-8-5-11(13)14(17)18/h1-4,9H,5-8H2. The van der Waals surface area contributed by atoms with Crippen LogP contribution in [0.3, 0.4) is 0 Å². The van der Waals surface area contributed by atoms with Crippen LogP contribution in [0.15, 0.2) is 35.4 Å². The van der Waals surface area contributed by atoms with E-state index in [0.717, 1.165) is 27.9 Å². The van der Waals surface area contributed by atoms with Crippen molar-refractivity contribution in [3.8, 4) is 17.0 Å². The van der Waals surface area contributed by atoms with Gasteiger partial charge in [0.05, 0.1) is 18.6 Å². The van der Waals surface area contributed by atoms with E-state index in [2.05, 4.69) is 20.9 Å². The van der Waals surface area contributed by atoms with Gasteiger partial charge in [-0.2, -0.15) is 0 Å². The molecule has 3 rings (SSSR count). The van der Waals surface area contributed by atoms with Gasteiger partial charge in [0.15, 0.2) is 0 Å². The first-order chi connectivity index (χ1) is 9.31. The van der Waals surface area contributed by atoms with Crippen LogP contribution in [0.5, 0.6) is 5.75 Å². The normalized spacial score (nSPS) is 13.1. The van der Waals surface area contributed by atoms with Crippen molar-refractivity contribution in [2.75, 3.05) is 11.9 Å². The third-order valence-corrected chi connectivity index (χ3v) is 3.56. The van der Waals surface area contributed by atoms with Crippen LogP contribution < -0.4 is 10.3 Å². The van der Waals surface area contributed by atoms with Gasteiger partial charge in [0, 0.05) is 29.4 Å². The highest BCUT2D eigenvalue weighted by molar-refractivity contribution is 9.09. The van der Waals surface area contributed by atoms with E-state index in [1.807, 2.05) is 24.3 Å². The molecule has 0 saturated heterocycles. The van der Waals surface area contributed by atoms with Gasteiger partial charge in [0.25, 0.3) is 5.56 Å². The average molecular weight is 321 g/mol. The topological polar surface area (TPSA) is 44.1 Å². The molecule has 0 spiro atoms. The molecular weight excluding hydrogens is 308 g/mol. The minimum Gasteiger partial charge on any atom is -0.493 e. The summed E-state index contributed by atoms with van der Waals surface area (Å²) in [5, 5.41) is 0.737. The summed E-state index contributed by atoms with van der Waals surface area (Å²) in [4.78, 5) is 16.9. The van der Waals surface area contributed by atoms with Crippen molar-refractivity contribution >= 4 is 15.9 Å². The quantitative estimate of drug-likeness (QED) is 0.797. The first-order valence-electron chi connectivity index (χ1n) is 6.17. The molecule has 0 aliphatic carbocycles. The van der Waals surface area contributed by atoms with Crippen molar-refractivity contribution in [3.05, 3.63) is 46.5 Å². The van der Waals surface area contributed by atoms with Gasteiger partial charge >= 0.3 is 0 Å². The Hall–Kier alpha value is -1.62. The molecule has 2 aromatic rings. The number of halogens is 1. The summed E-state index contributed by atoms with van der Waals surface area (Å²) in [5.41, 5.74) is 2.43. The number of para-hydroxylation sites is 1. The zero-order chi connectivity index (χ0) is 13.2. The largest absolute Gasteiger partial charge is 0.493 e. The monoisotopic (exact) mass is 320 g/mol. The molecule has 1 aliphatic heterocycles. The Labute approximate surface area is 119 Å². The van der Waals surface area contributed by atoms with Gasteiger partial charge in [-0.15, -0.1) is 0 Å². The second-order valence-electron chi connectivity index (χ2n) is 4.35. The first kappa shape index (κ1) is 12.4. The summed E-state index contributed by atoms with van der Waals surface area (Å²) in [6.07, 6.45) is 2.21. The molecule has 0 saturated carbocycles. The summed E-state index contributed by atoms with van der Waals surface area (Å²) in [6.45, 7) is 1.14. The van der Waals surface area contributed by atoms with Crippen LogP contribution in [-0.2, 0) is 13.0 Å². The Morgan fingerprint density at radius 1 is 1.37 bits per heavy atom. The van der Waals surface area contributed by atoms with Crippen molar-refractivity contribution in [1.29, 1.82) is 0 Å². The lowest BCUT2D eigenvalue weighted by molar-refractivity contribution is 0.326. The minimum absolute atomic E-state index is 0.0322. The fraction of sp³-hybridized carbons (Fsp3) is 0.286. The molecule has 1 aromatic carbocycles. The molecule has 0 bridgehead atoms. The van der Waals surface area contributed by atoms with Crippen LogP contribution in [0, 0.1) is 0 Å². The summed E-state index contributed by atoms with van der Waals surface area (Å²) >= 11 is 3.35. The molecule has 0 atom stereocenters. The van der Waals surface area contributed by atoms with Gasteiger partial charge in [-0.1, -0.05) is 28.1 Å². The molecule has 2 heterocycles. The first-order valence-corrected chi connectivity index (χ1v) is 7.30. The number of alkyl halides is 1. The number of hydrogen-bond acceptors (Lipinski definition) is 3. The molecule has 0 fully saturated rings. The molecule has 19 heavy (non-hydrogen) atoms. The third-order valence-electron chi connectivity index (χ3n) is 3.21. The highest BCUT2D eigenvalue weighted by atomic mass is 79.9. The Morgan fingerprint density at radius 3 is 3.05 bits per heavy atom. The zero-order valence-corrected chi connectivity index (χ0v) is 11.9. The van der Waals surface area contributed by atoms with Crippen molar-refractivity contribution in [2.24, 2.45) is 0 Å². The number of aromatic nitrogens is 2. The van der Waals surface area contributed by atoms with E-state index in [1.165, 1.54) is 0 Å². The number of ether oxygens (including phenoxy) is 1. The highest BCUT2D eigenvalue weighted by Gasteiger charge is 2.19. The van der Waals surface area contributed by atoms with Crippen molar-refractivity contribution in [3.63, 3.8) is 0 Å². The highest BCUT2D eigenvalue weighted by Crippen LogP contribution is 2.31. The van der Waals surface area contributed by atoms with E-state index in [9.17, 15) is 4.79 Å². The average Bonchev–Trinajstić information content (AvgIpc) is 2.62. The lowest BCUT2D eigenvalue weighted by Crippen LogP contribution is -2.26. The van der Waals surface area contributed by atoms with Crippen molar-refractivity contribution < 1.29 is 4.74 Å². The second-order valence-corrected chi connectivity index (χ2v) is 5.15. The smallest absolute Gasteiger partial charge is 0.257 e. The number of hydrogen-bond donors (Lipinski definition) is 0. The van der Waals surface area contributed by atoms with Gasteiger partial charge in [0.2, 0.25) is 0 Å². The summed E-state index contributed by atoms with van der Waals surface area (Å²) in [7, 11) is 0. The molecule has 0 radical (unpaired) electrons. The molecule has 0 amide bonds. The molecule has 4 nitrogen and oxygen atoms in total. The maximum atomic E-state index is 12.4. The zero-order valence-electron chi connectivity index (χ0n) is 10.3. The van der Waals surface area contributed by atoms with Gasteiger partial charge in [-0.25, -0.2) is 4.98 Å². The lowest BCUT2D eigenvalue weighted by atomic mass is 10.1.